The third-order valence-corrected chi connectivity index (χ3v) is 8.78. The molecule has 0 atom stereocenters. The Labute approximate surface area is 260 Å². The van der Waals surface area contributed by atoms with Crippen molar-refractivity contribution in [3.05, 3.63) is 54.1 Å². The van der Waals surface area contributed by atoms with Gasteiger partial charge in [0, 0.05) is 36.1 Å². The molecule has 238 valence electrons. The fraction of sp³-hybridized carbons (Fsp3) is 0.483. The van der Waals surface area contributed by atoms with Crippen LogP contribution in [-0.2, 0) is 20.6 Å². The van der Waals surface area contributed by atoms with Gasteiger partial charge in [0.25, 0.3) is 5.91 Å². The van der Waals surface area contributed by atoms with Crippen molar-refractivity contribution in [3.8, 4) is 22.0 Å². The summed E-state index contributed by atoms with van der Waals surface area (Å²) in [5.74, 6) is 0.581. The van der Waals surface area contributed by atoms with Crippen LogP contribution in [0.2, 0.25) is 0 Å². The van der Waals surface area contributed by atoms with Gasteiger partial charge in [-0.1, -0.05) is 46.1 Å². The van der Waals surface area contributed by atoms with Crippen molar-refractivity contribution in [3.63, 3.8) is 0 Å². The Bertz CT molecular complexity index is 1520. The average Bonchev–Trinajstić information content (AvgIpc) is 3.75. The summed E-state index contributed by atoms with van der Waals surface area (Å²) in [6.07, 6.45) is 12.5. The second kappa shape index (κ2) is 15.6. The first-order valence-corrected chi connectivity index (χ1v) is 17.2. The van der Waals surface area contributed by atoms with Crippen molar-refractivity contribution in [1.29, 1.82) is 0 Å². The van der Waals surface area contributed by atoms with Crippen molar-refractivity contribution in [2.24, 2.45) is 5.92 Å². The van der Waals surface area contributed by atoms with Gasteiger partial charge >= 0.3 is 7.82 Å². The van der Waals surface area contributed by atoms with Crippen LogP contribution < -0.4 is 5.32 Å². The Morgan fingerprint density at radius 3 is 2.52 bits per heavy atom. The number of pyridine rings is 1. The third-order valence-electron chi connectivity index (χ3n) is 7.44. The highest BCUT2D eigenvalue weighted by atomic mass is 32.1. The first kappa shape index (κ1) is 33.6. The zero-order chi connectivity index (χ0) is 31.7. The Hall–Kier alpha value is -3.26. The summed E-state index contributed by atoms with van der Waals surface area (Å²) >= 11 is 1.24. The summed E-state index contributed by atoms with van der Waals surface area (Å²) in [6.45, 7) is 9.02. The van der Waals surface area contributed by atoms with Crippen LogP contribution in [0, 0.1) is 5.92 Å². The van der Waals surface area contributed by atoms with Gasteiger partial charge in [-0.25, -0.2) is 14.2 Å². The summed E-state index contributed by atoms with van der Waals surface area (Å²) in [7, 11) is -4.62. The number of anilines is 1. The van der Waals surface area contributed by atoms with Crippen molar-refractivity contribution in [2.45, 2.75) is 78.7 Å². The highest BCUT2D eigenvalue weighted by molar-refractivity contribution is 7.46. The lowest BCUT2D eigenvalue weighted by molar-refractivity contribution is -0.0226. The summed E-state index contributed by atoms with van der Waals surface area (Å²) in [5, 5.41) is 13.8. The molecule has 0 unspecified atom stereocenters. The monoisotopic (exact) mass is 645 g/mol. The normalized spacial score (nSPS) is 16.3. The van der Waals surface area contributed by atoms with E-state index in [1.165, 1.54) is 47.7 Å². The second-order valence-electron chi connectivity index (χ2n) is 10.4. The highest BCUT2D eigenvalue weighted by Crippen LogP contribution is 2.37. The molecule has 4 aromatic heterocycles. The van der Waals surface area contributed by atoms with E-state index in [0.29, 0.717) is 34.3 Å². The minimum Gasteiger partial charge on any atom is -0.378 e. The van der Waals surface area contributed by atoms with Crippen LogP contribution in [0.5, 0.6) is 0 Å². The molecular formula is C29H40N7O6PS. The maximum absolute atomic E-state index is 13.1. The lowest BCUT2D eigenvalue weighted by atomic mass is 9.89. The average molecular weight is 646 g/mol. The van der Waals surface area contributed by atoms with Crippen molar-refractivity contribution >= 4 is 30.8 Å². The molecule has 1 fully saturated rings. The number of thiazole rings is 1. The number of amides is 1. The van der Waals surface area contributed by atoms with E-state index < -0.39 is 20.5 Å². The molecule has 4 aromatic rings. The number of ether oxygens (including phenoxy) is 1. The van der Waals surface area contributed by atoms with Gasteiger partial charge < -0.3 is 19.8 Å². The highest BCUT2D eigenvalue weighted by Gasteiger charge is 2.32. The second-order valence-corrected chi connectivity index (χ2v) is 12.5. The summed E-state index contributed by atoms with van der Waals surface area (Å²) in [4.78, 5) is 39.6. The number of rotatable bonds is 13. The lowest BCUT2D eigenvalue weighted by Gasteiger charge is -2.34. The Kier molecular flexibility index (Phi) is 12.0. The van der Waals surface area contributed by atoms with Gasteiger partial charge in [0.1, 0.15) is 16.4 Å². The van der Waals surface area contributed by atoms with E-state index in [4.69, 9.17) is 19.6 Å². The third kappa shape index (κ3) is 9.13. The first-order chi connectivity index (χ1) is 21.1. The number of phosphoric acid groups is 1. The fourth-order valence-electron chi connectivity index (χ4n) is 4.73. The van der Waals surface area contributed by atoms with Crippen LogP contribution in [0.1, 0.15) is 76.3 Å². The fourth-order valence-corrected chi connectivity index (χ4v) is 5.77. The molecule has 44 heavy (non-hydrogen) atoms. The zero-order valence-corrected chi connectivity index (χ0v) is 27.1. The lowest BCUT2D eigenvalue weighted by Crippen LogP contribution is -2.33. The Balaban J connectivity index is 0.000000566. The number of hydrogen-bond donors (Lipinski definition) is 3. The number of phosphoric ester groups is 1. The number of hydrogen-bond acceptors (Lipinski definition) is 9. The maximum Gasteiger partial charge on any atom is 0.471 e. The minimum atomic E-state index is -4.62. The van der Waals surface area contributed by atoms with Crippen molar-refractivity contribution in [2.75, 3.05) is 11.9 Å². The van der Waals surface area contributed by atoms with Gasteiger partial charge in [0.2, 0.25) is 0 Å². The van der Waals surface area contributed by atoms with E-state index >= 15 is 0 Å². The van der Waals surface area contributed by atoms with Gasteiger partial charge in [-0.3, -0.25) is 19.0 Å². The number of carbonyl (C=O) groups is 1. The molecule has 1 aliphatic carbocycles. The van der Waals surface area contributed by atoms with E-state index in [-0.39, 0.29) is 17.8 Å². The van der Waals surface area contributed by atoms with E-state index in [1.54, 1.807) is 11.6 Å². The van der Waals surface area contributed by atoms with E-state index in [0.717, 1.165) is 18.8 Å². The molecule has 1 saturated carbocycles. The molecule has 0 saturated heterocycles. The SMILES string of the molecule is CCC(CC)CC.CCOC1CC(n2cc(NC(=O)c3csc(-c4cnn(COP(=O)(O)O)c4)n3)c(-c3ccccn3)n2)C1. The molecule has 0 bridgehead atoms. The quantitative estimate of drug-likeness (QED) is 0.143. The van der Waals surface area contributed by atoms with Crippen molar-refractivity contribution in [1.82, 2.24) is 29.5 Å². The van der Waals surface area contributed by atoms with Crippen LogP contribution in [-0.4, -0.2) is 57.9 Å². The zero-order valence-electron chi connectivity index (χ0n) is 25.4. The van der Waals surface area contributed by atoms with Crippen LogP contribution in [0.25, 0.3) is 22.0 Å². The minimum absolute atomic E-state index is 0.182. The molecule has 1 amide bonds. The molecule has 0 radical (unpaired) electrons. The first-order valence-electron chi connectivity index (χ1n) is 14.8. The van der Waals surface area contributed by atoms with Crippen LogP contribution in [0.3, 0.4) is 0 Å². The molecule has 4 heterocycles. The number of aromatic nitrogens is 6. The Morgan fingerprint density at radius 2 is 1.91 bits per heavy atom. The smallest absolute Gasteiger partial charge is 0.378 e. The van der Waals surface area contributed by atoms with E-state index in [9.17, 15) is 9.36 Å². The van der Waals surface area contributed by atoms with Crippen LogP contribution >= 0.6 is 19.2 Å². The van der Waals surface area contributed by atoms with Gasteiger partial charge in [0.05, 0.1) is 29.7 Å². The molecular weight excluding hydrogens is 605 g/mol. The molecule has 0 spiro atoms. The molecule has 1 aliphatic rings. The van der Waals surface area contributed by atoms with E-state index in [1.807, 2.05) is 36.0 Å². The van der Waals surface area contributed by atoms with Gasteiger partial charge in [-0.2, -0.15) is 10.2 Å². The molecule has 13 nitrogen and oxygen atoms in total. The van der Waals surface area contributed by atoms with Crippen LogP contribution in [0.15, 0.2) is 48.4 Å². The standard InChI is InChI=1S/C22H24N7O6PS.C7H16/c1-2-34-16-7-15(8-16)29-11-18(20(27-29)17-5-3-4-6-23-17)25-21(30)19-12-37-22(26-19)14-9-24-28(10-14)13-35-36(31,32)33;1-4-7(5-2)6-3/h3-6,9-12,15-16H,2,7-8,13H2,1H3,(H,25,30)(H2,31,32,33);7H,4-6H2,1-3H3. The largest absolute Gasteiger partial charge is 0.471 e. The molecule has 15 heteroatoms. The Morgan fingerprint density at radius 1 is 1.16 bits per heavy atom. The molecule has 5 rings (SSSR count). The predicted octanol–water partition coefficient (Wildman–Crippen LogP) is 6.16. The molecule has 3 N–H and O–H groups in total. The number of nitrogens with one attached hydrogen (secondary N) is 1. The summed E-state index contributed by atoms with van der Waals surface area (Å²) in [5.41, 5.74) is 2.52. The maximum atomic E-state index is 13.1. The van der Waals surface area contributed by atoms with Crippen LogP contribution in [0.4, 0.5) is 5.69 Å². The van der Waals surface area contributed by atoms with E-state index in [2.05, 4.69) is 45.7 Å². The summed E-state index contributed by atoms with van der Waals surface area (Å²) < 4.78 is 24.1. The predicted molar refractivity (Wildman–Crippen MR) is 168 cm³/mol. The van der Waals surface area contributed by atoms with Gasteiger partial charge in [-0.05, 0) is 37.8 Å². The number of carbonyl (C=O) groups excluding carboxylic acids is 1. The van der Waals surface area contributed by atoms with Gasteiger partial charge in [0.15, 0.2) is 6.73 Å². The molecule has 0 aliphatic heterocycles. The summed E-state index contributed by atoms with van der Waals surface area (Å²) in [6, 6.07) is 5.69. The van der Waals surface area contributed by atoms with Gasteiger partial charge in [-0.15, -0.1) is 11.3 Å². The van der Waals surface area contributed by atoms with Crippen molar-refractivity contribution < 1.29 is 28.4 Å². The number of nitrogens with zero attached hydrogens (tertiary/aromatic N) is 6. The molecule has 0 aromatic carbocycles. The topological polar surface area (TPSA) is 167 Å².